The zero-order valence-electron chi connectivity index (χ0n) is 17.1. The van der Waals surface area contributed by atoms with Crippen LogP contribution in [0, 0.1) is 11.3 Å². The molecule has 7 heteroatoms. The molecule has 1 aliphatic heterocycles. The highest BCUT2D eigenvalue weighted by Crippen LogP contribution is 2.17. The van der Waals surface area contributed by atoms with Gasteiger partial charge in [-0.25, -0.2) is 9.98 Å². The molecule has 0 bridgehead atoms. The highest BCUT2D eigenvalue weighted by molar-refractivity contribution is 6.09. The fraction of sp³-hybridized carbons (Fsp3) is 0.217. The summed E-state index contributed by atoms with van der Waals surface area (Å²) in [6.07, 6.45) is 9.88. The second-order valence-electron chi connectivity index (χ2n) is 6.94. The molecular formula is C23H25N7. The fourth-order valence-electron chi connectivity index (χ4n) is 3.04. The molecule has 1 aliphatic rings. The molecule has 0 saturated carbocycles. The van der Waals surface area contributed by atoms with Crippen molar-refractivity contribution >= 4 is 11.5 Å². The fourth-order valence-corrected chi connectivity index (χ4v) is 3.04. The molecule has 0 saturated heterocycles. The lowest BCUT2D eigenvalue weighted by Gasteiger charge is -2.27. The van der Waals surface area contributed by atoms with E-state index in [1.807, 2.05) is 29.2 Å². The van der Waals surface area contributed by atoms with Crippen LogP contribution in [0.5, 0.6) is 0 Å². The first kappa shape index (κ1) is 21.0. The lowest BCUT2D eigenvalue weighted by atomic mass is 10.1. The Morgan fingerprint density at radius 3 is 2.90 bits per heavy atom. The van der Waals surface area contributed by atoms with Gasteiger partial charge >= 0.3 is 0 Å². The average molecular weight is 400 g/mol. The summed E-state index contributed by atoms with van der Waals surface area (Å²) in [5.41, 5.74) is 1.94. The second-order valence-corrected chi connectivity index (χ2v) is 6.94. The Morgan fingerprint density at radius 2 is 2.13 bits per heavy atom. The molecule has 0 amide bonds. The molecule has 0 aliphatic carbocycles. The molecule has 3 rings (SSSR count). The summed E-state index contributed by atoms with van der Waals surface area (Å²) in [5.74, 6) is 1.91. The number of pyridine rings is 2. The van der Waals surface area contributed by atoms with Crippen molar-refractivity contribution in [2.75, 3.05) is 32.0 Å². The van der Waals surface area contributed by atoms with E-state index < -0.39 is 0 Å². The third-order valence-corrected chi connectivity index (χ3v) is 4.60. The molecule has 0 atom stereocenters. The van der Waals surface area contributed by atoms with Crippen molar-refractivity contribution in [3.05, 3.63) is 90.9 Å². The van der Waals surface area contributed by atoms with Gasteiger partial charge in [-0.05, 0) is 44.3 Å². The van der Waals surface area contributed by atoms with Crippen LogP contribution in [0.25, 0.3) is 0 Å². The van der Waals surface area contributed by atoms with Crippen LogP contribution in [-0.2, 0) is 0 Å². The van der Waals surface area contributed by atoms with E-state index in [9.17, 15) is 5.26 Å². The number of nitrogens with zero attached hydrogens (tertiary/aromatic N) is 6. The van der Waals surface area contributed by atoms with Crippen molar-refractivity contribution in [2.24, 2.45) is 4.99 Å². The van der Waals surface area contributed by atoms with E-state index in [1.165, 1.54) is 6.20 Å². The molecule has 2 aromatic rings. The maximum Gasteiger partial charge on any atom is 0.131 e. The van der Waals surface area contributed by atoms with Crippen LogP contribution < -0.4 is 5.32 Å². The van der Waals surface area contributed by atoms with Crippen LogP contribution in [0.15, 0.2) is 84.8 Å². The van der Waals surface area contributed by atoms with Crippen molar-refractivity contribution in [2.45, 2.75) is 6.42 Å². The summed E-state index contributed by atoms with van der Waals surface area (Å²) in [5, 5.41) is 12.4. The number of nitrogens with one attached hydrogen (secondary N) is 1. The van der Waals surface area contributed by atoms with E-state index in [2.05, 4.69) is 52.5 Å². The molecule has 2 aromatic heterocycles. The Kier molecular flexibility index (Phi) is 7.09. The summed E-state index contributed by atoms with van der Waals surface area (Å²) >= 11 is 0. The van der Waals surface area contributed by atoms with Crippen LogP contribution in [0.3, 0.4) is 0 Å². The van der Waals surface area contributed by atoms with E-state index in [-0.39, 0.29) is 0 Å². The molecule has 30 heavy (non-hydrogen) atoms. The average Bonchev–Trinajstić information content (AvgIpc) is 2.79. The number of aromatic nitrogens is 2. The SMILES string of the molecule is C=C1/N=C(c2cncc(C#N)c2)\C=C/CN(C)CCCN1C(=C)Nc1ccccn1. The Bertz CT molecular complexity index is 1000. The number of hydrogen-bond donors (Lipinski definition) is 1. The van der Waals surface area contributed by atoms with Crippen LogP contribution in [0.4, 0.5) is 5.82 Å². The molecule has 3 heterocycles. The minimum absolute atomic E-state index is 0.485. The van der Waals surface area contributed by atoms with Crippen molar-refractivity contribution in [1.29, 1.82) is 5.26 Å². The maximum absolute atomic E-state index is 9.22. The number of rotatable bonds is 4. The second kappa shape index (κ2) is 10.1. The molecule has 0 unspecified atom stereocenters. The molecule has 1 N–H and O–H groups in total. The number of nitriles is 1. The molecule has 0 spiro atoms. The van der Waals surface area contributed by atoms with Gasteiger partial charge in [0.1, 0.15) is 23.5 Å². The number of hydrogen-bond acceptors (Lipinski definition) is 7. The molecular weight excluding hydrogens is 374 g/mol. The topological polar surface area (TPSA) is 80.4 Å². The van der Waals surface area contributed by atoms with Gasteiger partial charge in [0, 0.05) is 37.2 Å². The predicted molar refractivity (Wildman–Crippen MR) is 120 cm³/mol. The van der Waals surface area contributed by atoms with Crippen molar-refractivity contribution in [1.82, 2.24) is 19.8 Å². The Labute approximate surface area is 177 Å². The smallest absolute Gasteiger partial charge is 0.131 e. The Balaban J connectivity index is 1.92. The van der Waals surface area contributed by atoms with Crippen molar-refractivity contribution in [3.63, 3.8) is 0 Å². The first-order valence-corrected chi connectivity index (χ1v) is 9.69. The minimum Gasteiger partial charge on any atom is -0.327 e. The van der Waals surface area contributed by atoms with Crippen molar-refractivity contribution < 1.29 is 0 Å². The van der Waals surface area contributed by atoms with Crippen molar-refractivity contribution in [3.8, 4) is 6.07 Å². The van der Waals surface area contributed by atoms with Gasteiger partial charge < -0.3 is 15.1 Å². The summed E-state index contributed by atoms with van der Waals surface area (Å²) in [6.45, 7) is 10.8. The van der Waals surface area contributed by atoms with Crippen LogP contribution in [0.2, 0.25) is 0 Å². The summed E-state index contributed by atoms with van der Waals surface area (Å²) in [6, 6.07) is 9.56. The van der Waals surface area contributed by atoms with Crippen LogP contribution in [0.1, 0.15) is 17.5 Å². The first-order chi connectivity index (χ1) is 14.6. The lowest BCUT2D eigenvalue weighted by molar-refractivity contribution is 0.330. The highest BCUT2D eigenvalue weighted by Gasteiger charge is 2.14. The van der Waals surface area contributed by atoms with E-state index >= 15 is 0 Å². The third kappa shape index (κ3) is 5.63. The van der Waals surface area contributed by atoms with Gasteiger partial charge in [0.15, 0.2) is 0 Å². The van der Waals surface area contributed by atoms with Gasteiger partial charge in [-0.1, -0.05) is 25.3 Å². The summed E-state index contributed by atoms with van der Waals surface area (Å²) in [4.78, 5) is 17.4. The normalized spacial score (nSPS) is 18.5. The van der Waals surface area contributed by atoms with Crippen LogP contribution in [-0.4, -0.2) is 52.2 Å². The van der Waals surface area contributed by atoms with E-state index in [0.717, 1.165) is 25.1 Å². The molecule has 0 fully saturated rings. The largest absolute Gasteiger partial charge is 0.327 e. The standard InChI is InChI=1S/C23H25N7/c1-18-27-22(21-14-20(15-24)16-25-17-21)8-6-11-29(3)12-7-13-30(18)19(2)28-23-9-4-5-10-26-23/h4-6,8-10,14,16-17H,1-2,7,11-13H2,3H3,(H,26,28)/b8-6-,27-22+. The number of aliphatic imine (C=N–C) groups is 1. The highest BCUT2D eigenvalue weighted by atomic mass is 15.3. The van der Waals surface area contributed by atoms with E-state index in [0.29, 0.717) is 35.3 Å². The predicted octanol–water partition coefficient (Wildman–Crippen LogP) is 3.39. The van der Waals surface area contributed by atoms with Gasteiger partial charge in [0.05, 0.1) is 11.3 Å². The molecule has 0 radical (unpaired) electrons. The van der Waals surface area contributed by atoms with Gasteiger partial charge in [-0.3, -0.25) is 4.98 Å². The Morgan fingerprint density at radius 1 is 1.27 bits per heavy atom. The molecule has 152 valence electrons. The van der Waals surface area contributed by atoms with Gasteiger partial charge in [0.2, 0.25) is 0 Å². The zero-order valence-corrected chi connectivity index (χ0v) is 17.1. The first-order valence-electron chi connectivity index (χ1n) is 9.69. The van der Waals surface area contributed by atoms with Gasteiger partial charge in [-0.15, -0.1) is 0 Å². The number of anilines is 1. The van der Waals surface area contributed by atoms with Crippen LogP contribution >= 0.6 is 0 Å². The molecule has 0 aromatic carbocycles. The summed E-state index contributed by atoms with van der Waals surface area (Å²) < 4.78 is 0. The van der Waals surface area contributed by atoms with Gasteiger partial charge in [0.25, 0.3) is 0 Å². The maximum atomic E-state index is 9.22. The Hall–Kier alpha value is -3.76. The minimum atomic E-state index is 0.485. The van der Waals surface area contributed by atoms with E-state index in [4.69, 9.17) is 4.99 Å². The van der Waals surface area contributed by atoms with E-state index in [1.54, 1.807) is 18.5 Å². The number of likely N-dealkylation sites (N-methyl/N-ethyl adjacent to an activating group) is 1. The summed E-state index contributed by atoms with van der Waals surface area (Å²) in [7, 11) is 2.08. The third-order valence-electron chi connectivity index (χ3n) is 4.60. The lowest BCUT2D eigenvalue weighted by Crippen LogP contribution is -2.29. The van der Waals surface area contributed by atoms with Gasteiger partial charge in [-0.2, -0.15) is 5.26 Å². The quantitative estimate of drug-likeness (QED) is 0.849. The number of allylic oxidation sites excluding steroid dienone is 1. The molecule has 7 nitrogen and oxygen atoms in total. The zero-order chi connectivity index (χ0) is 21.3. The monoisotopic (exact) mass is 399 g/mol.